The molecule has 0 spiro atoms. The lowest BCUT2D eigenvalue weighted by Gasteiger charge is -2.34. The number of hydrogen-bond acceptors (Lipinski definition) is 2. The summed E-state index contributed by atoms with van der Waals surface area (Å²) in [6.45, 7) is 4.51. The predicted octanol–water partition coefficient (Wildman–Crippen LogP) is 2.64. The lowest BCUT2D eigenvalue weighted by atomic mass is 9.78. The molecule has 1 fully saturated rings. The van der Waals surface area contributed by atoms with E-state index in [9.17, 15) is 4.79 Å². The van der Waals surface area contributed by atoms with Gasteiger partial charge in [-0.25, -0.2) is 0 Å². The molecule has 92 valence electrons. The molecule has 1 heterocycles. The minimum Gasteiger partial charge on any atom is -0.349 e. The van der Waals surface area contributed by atoms with Crippen molar-refractivity contribution in [3.05, 3.63) is 30.1 Å². The van der Waals surface area contributed by atoms with Crippen molar-refractivity contribution in [3.8, 4) is 0 Å². The molecule has 2 rings (SSSR count). The first-order valence-electron chi connectivity index (χ1n) is 6.39. The number of nitrogens with one attached hydrogen (secondary N) is 1. The highest BCUT2D eigenvalue weighted by Gasteiger charge is 2.28. The largest absolute Gasteiger partial charge is 0.349 e. The molecule has 3 atom stereocenters. The minimum absolute atomic E-state index is 0.0263. The van der Waals surface area contributed by atoms with Gasteiger partial charge < -0.3 is 5.32 Å². The first-order chi connectivity index (χ1) is 8.18. The second-order valence-corrected chi connectivity index (χ2v) is 5.08. The molecule has 0 saturated heterocycles. The Bertz CT molecular complexity index is 377. The van der Waals surface area contributed by atoms with Crippen LogP contribution in [0.15, 0.2) is 24.5 Å². The molecule has 1 aromatic heterocycles. The van der Waals surface area contributed by atoms with Crippen LogP contribution in [0.4, 0.5) is 0 Å². The maximum atomic E-state index is 12.0. The van der Waals surface area contributed by atoms with E-state index >= 15 is 0 Å². The summed E-state index contributed by atoms with van der Waals surface area (Å²) in [5.41, 5.74) is 0.699. The van der Waals surface area contributed by atoms with E-state index in [0.29, 0.717) is 23.4 Å². The van der Waals surface area contributed by atoms with E-state index in [4.69, 9.17) is 0 Å². The number of hydrogen-bond donors (Lipinski definition) is 1. The lowest BCUT2D eigenvalue weighted by molar-refractivity contribution is 0.0891. The fraction of sp³-hybridized carbons (Fsp3) is 0.571. The second kappa shape index (κ2) is 5.30. The van der Waals surface area contributed by atoms with E-state index in [-0.39, 0.29) is 5.91 Å². The number of carbonyl (C=O) groups is 1. The van der Waals surface area contributed by atoms with Crippen LogP contribution in [0.2, 0.25) is 0 Å². The van der Waals surface area contributed by atoms with Crippen molar-refractivity contribution in [3.63, 3.8) is 0 Å². The standard InChI is InChI=1S/C14H20N2O/c1-10-4-3-5-13(11(10)2)16-14(17)12-6-8-15-9-7-12/h6-11,13H,3-5H2,1-2H3,(H,16,17)/t10-,11-,13-/m1/s1. The van der Waals surface area contributed by atoms with Crippen LogP contribution in [-0.4, -0.2) is 16.9 Å². The van der Waals surface area contributed by atoms with E-state index in [1.165, 1.54) is 12.8 Å². The van der Waals surface area contributed by atoms with Crippen molar-refractivity contribution >= 4 is 5.91 Å². The highest BCUT2D eigenvalue weighted by molar-refractivity contribution is 5.94. The van der Waals surface area contributed by atoms with Crippen LogP contribution < -0.4 is 5.32 Å². The molecule has 0 bridgehead atoms. The van der Waals surface area contributed by atoms with Crippen molar-refractivity contribution in [2.75, 3.05) is 0 Å². The molecule has 17 heavy (non-hydrogen) atoms. The van der Waals surface area contributed by atoms with Crippen molar-refractivity contribution in [2.45, 2.75) is 39.2 Å². The molecule has 1 N–H and O–H groups in total. The van der Waals surface area contributed by atoms with Crippen molar-refractivity contribution < 1.29 is 4.79 Å². The monoisotopic (exact) mass is 232 g/mol. The third-order valence-corrected chi connectivity index (χ3v) is 3.97. The molecule has 1 aliphatic carbocycles. The van der Waals surface area contributed by atoms with Gasteiger partial charge in [-0.1, -0.05) is 26.7 Å². The quantitative estimate of drug-likeness (QED) is 0.851. The van der Waals surface area contributed by atoms with Gasteiger partial charge in [0.15, 0.2) is 0 Å². The molecule has 3 nitrogen and oxygen atoms in total. The third kappa shape index (κ3) is 2.84. The van der Waals surface area contributed by atoms with Gasteiger partial charge in [-0.2, -0.15) is 0 Å². The zero-order valence-electron chi connectivity index (χ0n) is 10.5. The Labute approximate surface area is 103 Å². The lowest BCUT2D eigenvalue weighted by Crippen LogP contribution is -2.43. The van der Waals surface area contributed by atoms with Crippen LogP contribution in [0.25, 0.3) is 0 Å². The summed E-state index contributed by atoms with van der Waals surface area (Å²) in [4.78, 5) is 15.9. The van der Waals surface area contributed by atoms with Crippen LogP contribution in [-0.2, 0) is 0 Å². The Hall–Kier alpha value is -1.38. The third-order valence-electron chi connectivity index (χ3n) is 3.97. The maximum Gasteiger partial charge on any atom is 0.251 e. The zero-order valence-corrected chi connectivity index (χ0v) is 10.5. The van der Waals surface area contributed by atoms with Crippen molar-refractivity contribution in [1.82, 2.24) is 10.3 Å². The Kier molecular flexibility index (Phi) is 3.77. The SMILES string of the molecule is C[C@@H]1[C@H](C)CCC[C@H]1NC(=O)c1ccncc1. The number of rotatable bonds is 2. The van der Waals surface area contributed by atoms with E-state index in [2.05, 4.69) is 24.1 Å². The van der Waals surface area contributed by atoms with Gasteiger partial charge in [0.25, 0.3) is 5.91 Å². The Morgan fingerprint density at radius 3 is 2.71 bits per heavy atom. The maximum absolute atomic E-state index is 12.0. The summed E-state index contributed by atoms with van der Waals surface area (Å²) >= 11 is 0. The van der Waals surface area contributed by atoms with E-state index in [0.717, 1.165) is 6.42 Å². The number of aromatic nitrogens is 1. The molecule has 0 aromatic carbocycles. The summed E-state index contributed by atoms with van der Waals surface area (Å²) < 4.78 is 0. The normalized spacial score (nSPS) is 28.7. The van der Waals surface area contributed by atoms with Gasteiger partial charge in [0.2, 0.25) is 0 Å². The van der Waals surface area contributed by atoms with Gasteiger partial charge in [0.05, 0.1) is 0 Å². The molecule has 1 amide bonds. The molecule has 1 aromatic rings. The number of nitrogens with zero attached hydrogens (tertiary/aromatic N) is 1. The molecule has 0 unspecified atom stereocenters. The van der Waals surface area contributed by atoms with Gasteiger partial charge in [-0.3, -0.25) is 9.78 Å². The topological polar surface area (TPSA) is 42.0 Å². The Balaban J connectivity index is 1.99. The fourth-order valence-electron chi connectivity index (χ4n) is 2.54. The van der Waals surface area contributed by atoms with E-state index in [1.807, 2.05) is 0 Å². The van der Waals surface area contributed by atoms with Gasteiger partial charge in [-0.05, 0) is 30.4 Å². The van der Waals surface area contributed by atoms with Gasteiger partial charge in [-0.15, -0.1) is 0 Å². The molecule has 0 radical (unpaired) electrons. The van der Waals surface area contributed by atoms with Gasteiger partial charge >= 0.3 is 0 Å². The van der Waals surface area contributed by atoms with E-state index in [1.54, 1.807) is 24.5 Å². The molecule has 1 saturated carbocycles. The highest BCUT2D eigenvalue weighted by Crippen LogP contribution is 2.29. The average molecular weight is 232 g/mol. The van der Waals surface area contributed by atoms with Crippen LogP contribution in [0.1, 0.15) is 43.5 Å². The first kappa shape index (κ1) is 12.1. The van der Waals surface area contributed by atoms with Crippen LogP contribution in [0.3, 0.4) is 0 Å². The zero-order chi connectivity index (χ0) is 12.3. The summed E-state index contributed by atoms with van der Waals surface area (Å²) in [5.74, 6) is 1.29. The van der Waals surface area contributed by atoms with Crippen LogP contribution in [0.5, 0.6) is 0 Å². The molecular formula is C14H20N2O. The number of pyridine rings is 1. The smallest absolute Gasteiger partial charge is 0.251 e. The number of amides is 1. The van der Waals surface area contributed by atoms with Crippen molar-refractivity contribution in [2.24, 2.45) is 11.8 Å². The molecule has 3 heteroatoms. The summed E-state index contributed by atoms with van der Waals surface area (Å²) in [6.07, 6.45) is 6.90. The summed E-state index contributed by atoms with van der Waals surface area (Å²) in [5, 5.41) is 3.15. The fourth-order valence-corrected chi connectivity index (χ4v) is 2.54. The van der Waals surface area contributed by atoms with Crippen LogP contribution >= 0.6 is 0 Å². The van der Waals surface area contributed by atoms with E-state index < -0.39 is 0 Å². The summed E-state index contributed by atoms with van der Waals surface area (Å²) in [6, 6.07) is 3.83. The first-order valence-corrected chi connectivity index (χ1v) is 6.39. The number of carbonyl (C=O) groups excluding carboxylic acids is 1. The van der Waals surface area contributed by atoms with Crippen LogP contribution in [0, 0.1) is 11.8 Å². The molecule has 0 aliphatic heterocycles. The minimum atomic E-state index is 0.0263. The molecule has 1 aliphatic rings. The molecular weight excluding hydrogens is 212 g/mol. The Morgan fingerprint density at radius 1 is 1.29 bits per heavy atom. The van der Waals surface area contributed by atoms with Gasteiger partial charge in [0.1, 0.15) is 0 Å². The van der Waals surface area contributed by atoms with Gasteiger partial charge in [0, 0.05) is 24.0 Å². The van der Waals surface area contributed by atoms with Crippen molar-refractivity contribution in [1.29, 1.82) is 0 Å². The average Bonchev–Trinajstić information content (AvgIpc) is 2.36. The Morgan fingerprint density at radius 2 is 2.00 bits per heavy atom. The highest BCUT2D eigenvalue weighted by atomic mass is 16.1. The summed E-state index contributed by atoms with van der Waals surface area (Å²) in [7, 11) is 0. The predicted molar refractivity (Wildman–Crippen MR) is 67.7 cm³/mol. The second-order valence-electron chi connectivity index (χ2n) is 5.08.